The minimum Gasteiger partial charge on any atom is -0.295 e. The molecule has 0 fully saturated rings. The fourth-order valence-corrected chi connectivity index (χ4v) is 3.60. The molecule has 0 saturated heterocycles. The maximum Gasteiger partial charge on any atom is 0.156 e. The van der Waals surface area contributed by atoms with Gasteiger partial charge in [-0.2, -0.15) is 0 Å². The fraction of sp³-hybridized carbons (Fsp3) is 0.611. The molecule has 0 aromatic rings. The first kappa shape index (κ1) is 14.3. The molecular formula is C18H26O. The summed E-state index contributed by atoms with van der Waals surface area (Å²) in [5.41, 5.74) is 6.99. The smallest absolute Gasteiger partial charge is 0.156 e. The van der Waals surface area contributed by atoms with Crippen LogP contribution in [0.4, 0.5) is 0 Å². The van der Waals surface area contributed by atoms with E-state index in [1.165, 1.54) is 16.7 Å². The Labute approximate surface area is 117 Å². The van der Waals surface area contributed by atoms with Crippen molar-refractivity contribution in [2.75, 3.05) is 0 Å². The zero-order valence-corrected chi connectivity index (χ0v) is 13.4. The average Bonchev–Trinajstić information content (AvgIpc) is 2.25. The van der Waals surface area contributed by atoms with Crippen molar-refractivity contribution in [1.29, 1.82) is 0 Å². The van der Waals surface area contributed by atoms with Crippen LogP contribution in [0.2, 0.25) is 0 Å². The van der Waals surface area contributed by atoms with Crippen molar-refractivity contribution in [1.82, 2.24) is 0 Å². The van der Waals surface area contributed by atoms with Crippen LogP contribution in [0, 0.1) is 10.8 Å². The van der Waals surface area contributed by atoms with Gasteiger partial charge in [0.1, 0.15) is 0 Å². The van der Waals surface area contributed by atoms with Gasteiger partial charge >= 0.3 is 0 Å². The van der Waals surface area contributed by atoms with Gasteiger partial charge in [-0.1, -0.05) is 56.1 Å². The molecule has 0 radical (unpaired) electrons. The zero-order chi connectivity index (χ0) is 14.6. The highest BCUT2D eigenvalue weighted by Gasteiger charge is 2.40. The SMILES string of the molecule is CC(=O)C1=C(C)CC2=C(C1)C(C)(C)C=C(C)C2(C)C. The van der Waals surface area contributed by atoms with E-state index in [4.69, 9.17) is 0 Å². The van der Waals surface area contributed by atoms with E-state index in [2.05, 4.69) is 47.6 Å². The Morgan fingerprint density at radius 1 is 1.05 bits per heavy atom. The van der Waals surface area contributed by atoms with Gasteiger partial charge in [-0.25, -0.2) is 0 Å². The number of allylic oxidation sites excluding steroid dienone is 6. The van der Waals surface area contributed by atoms with Gasteiger partial charge < -0.3 is 0 Å². The first-order valence-electron chi connectivity index (χ1n) is 7.20. The number of hydrogen-bond acceptors (Lipinski definition) is 1. The molecule has 0 N–H and O–H groups in total. The minimum absolute atomic E-state index is 0.0797. The third-order valence-electron chi connectivity index (χ3n) is 5.20. The quantitative estimate of drug-likeness (QED) is 0.605. The van der Waals surface area contributed by atoms with Crippen LogP contribution in [-0.2, 0) is 4.79 Å². The Hall–Kier alpha value is -1.11. The summed E-state index contributed by atoms with van der Waals surface area (Å²) in [7, 11) is 0. The number of ketones is 1. The number of Topliss-reactive ketones (excluding diaryl/α,β-unsaturated/α-hetero) is 1. The molecule has 104 valence electrons. The third kappa shape index (κ3) is 2.13. The first-order valence-corrected chi connectivity index (χ1v) is 7.20. The number of carbonyl (C=O) groups excluding carboxylic acids is 1. The first-order chi connectivity index (χ1) is 8.57. The van der Waals surface area contributed by atoms with Gasteiger partial charge in [-0.05, 0) is 39.2 Å². The van der Waals surface area contributed by atoms with E-state index < -0.39 is 0 Å². The standard InChI is InChI=1S/C18H26O/c1-11-8-16-15(9-14(11)13(3)19)17(4,5)10-12(2)18(16,6)7/h10H,8-9H2,1-7H3. The normalized spacial score (nSPS) is 25.1. The minimum atomic E-state index is 0.0797. The Balaban J connectivity index is 2.55. The number of hydrogen-bond donors (Lipinski definition) is 0. The molecule has 0 bridgehead atoms. The van der Waals surface area contributed by atoms with Gasteiger partial charge in [0.2, 0.25) is 0 Å². The van der Waals surface area contributed by atoms with Crippen molar-refractivity contribution in [3.63, 3.8) is 0 Å². The molecule has 1 nitrogen and oxygen atoms in total. The Morgan fingerprint density at radius 3 is 2.16 bits per heavy atom. The van der Waals surface area contributed by atoms with Gasteiger partial charge in [0.15, 0.2) is 5.78 Å². The topological polar surface area (TPSA) is 17.1 Å². The maximum absolute atomic E-state index is 11.8. The van der Waals surface area contributed by atoms with E-state index in [1.54, 1.807) is 12.5 Å². The molecular weight excluding hydrogens is 232 g/mol. The molecule has 19 heavy (non-hydrogen) atoms. The van der Waals surface area contributed by atoms with Crippen LogP contribution < -0.4 is 0 Å². The van der Waals surface area contributed by atoms with Crippen molar-refractivity contribution < 1.29 is 4.79 Å². The Bertz CT molecular complexity index is 536. The van der Waals surface area contributed by atoms with Gasteiger partial charge in [0, 0.05) is 10.8 Å². The predicted octanol–water partition coefficient (Wildman–Crippen LogP) is 4.99. The van der Waals surface area contributed by atoms with Crippen LogP contribution in [0.25, 0.3) is 0 Å². The largest absolute Gasteiger partial charge is 0.295 e. The summed E-state index contributed by atoms with van der Waals surface area (Å²) < 4.78 is 0. The van der Waals surface area contributed by atoms with Gasteiger partial charge in [-0.15, -0.1) is 0 Å². The molecule has 2 aliphatic rings. The second kappa shape index (κ2) is 4.19. The van der Waals surface area contributed by atoms with Gasteiger partial charge in [-0.3, -0.25) is 4.79 Å². The molecule has 0 aromatic carbocycles. The molecule has 0 unspecified atom stereocenters. The lowest BCUT2D eigenvalue weighted by Crippen LogP contribution is -2.32. The monoisotopic (exact) mass is 258 g/mol. The van der Waals surface area contributed by atoms with Crippen LogP contribution in [0.3, 0.4) is 0 Å². The number of carbonyl (C=O) groups is 1. The van der Waals surface area contributed by atoms with Crippen molar-refractivity contribution in [2.24, 2.45) is 10.8 Å². The Morgan fingerprint density at radius 2 is 1.63 bits per heavy atom. The van der Waals surface area contributed by atoms with E-state index in [1.807, 2.05) is 0 Å². The molecule has 2 rings (SSSR count). The summed E-state index contributed by atoms with van der Waals surface area (Å²) in [5.74, 6) is 0.240. The van der Waals surface area contributed by atoms with E-state index in [0.717, 1.165) is 18.4 Å². The highest BCUT2D eigenvalue weighted by molar-refractivity contribution is 5.95. The van der Waals surface area contributed by atoms with Crippen LogP contribution in [-0.4, -0.2) is 5.78 Å². The maximum atomic E-state index is 11.8. The third-order valence-corrected chi connectivity index (χ3v) is 5.20. The average molecular weight is 258 g/mol. The lowest BCUT2D eigenvalue weighted by molar-refractivity contribution is -0.113. The van der Waals surface area contributed by atoms with E-state index in [9.17, 15) is 4.79 Å². The van der Waals surface area contributed by atoms with Crippen molar-refractivity contribution >= 4 is 5.78 Å². The van der Waals surface area contributed by atoms with E-state index >= 15 is 0 Å². The molecule has 1 heteroatoms. The highest BCUT2D eigenvalue weighted by atomic mass is 16.1. The van der Waals surface area contributed by atoms with Crippen LogP contribution in [0.1, 0.15) is 61.3 Å². The van der Waals surface area contributed by atoms with Crippen molar-refractivity contribution in [3.8, 4) is 0 Å². The van der Waals surface area contributed by atoms with E-state index in [-0.39, 0.29) is 16.6 Å². The lowest BCUT2D eigenvalue weighted by atomic mass is 9.59. The zero-order valence-electron chi connectivity index (χ0n) is 13.4. The van der Waals surface area contributed by atoms with Gasteiger partial charge in [0.25, 0.3) is 0 Å². The number of rotatable bonds is 1. The summed E-state index contributed by atoms with van der Waals surface area (Å²) in [6, 6.07) is 0. The summed E-state index contributed by atoms with van der Waals surface area (Å²) in [4.78, 5) is 11.8. The molecule has 0 aliphatic heterocycles. The summed E-state index contributed by atoms with van der Waals surface area (Å²) in [6.07, 6.45) is 4.20. The van der Waals surface area contributed by atoms with Crippen molar-refractivity contribution in [3.05, 3.63) is 33.9 Å². The van der Waals surface area contributed by atoms with Crippen LogP contribution in [0.15, 0.2) is 33.9 Å². The summed E-state index contributed by atoms with van der Waals surface area (Å²) in [6.45, 7) is 15.2. The fourth-order valence-electron chi connectivity index (χ4n) is 3.60. The Kier molecular flexibility index (Phi) is 3.16. The molecule has 0 spiro atoms. The lowest BCUT2D eigenvalue weighted by Gasteiger charge is -2.45. The molecule has 0 heterocycles. The molecule has 0 aromatic heterocycles. The molecule has 0 atom stereocenters. The predicted molar refractivity (Wildman–Crippen MR) is 81.0 cm³/mol. The second-order valence-electron chi connectivity index (χ2n) is 7.30. The van der Waals surface area contributed by atoms with Crippen LogP contribution >= 0.6 is 0 Å². The molecule has 0 amide bonds. The summed E-state index contributed by atoms with van der Waals surface area (Å²) in [5, 5.41) is 0. The van der Waals surface area contributed by atoms with Gasteiger partial charge in [0.05, 0.1) is 0 Å². The summed E-state index contributed by atoms with van der Waals surface area (Å²) >= 11 is 0. The van der Waals surface area contributed by atoms with E-state index in [0.29, 0.717) is 0 Å². The van der Waals surface area contributed by atoms with Crippen LogP contribution in [0.5, 0.6) is 0 Å². The second-order valence-corrected chi connectivity index (χ2v) is 7.30. The molecule has 2 aliphatic carbocycles. The van der Waals surface area contributed by atoms with Crippen molar-refractivity contribution in [2.45, 2.75) is 61.3 Å². The molecule has 0 saturated carbocycles. The highest BCUT2D eigenvalue weighted by Crippen LogP contribution is 2.53.